The molecule has 170 valence electrons. The minimum Gasteiger partial charge on any atom is -0.393 e. The molecule has 0 unspecified atom stereocenters. The highest BCUT2D eigenvalue weighted by Gasteiger charge is 2.59. The topological polar surface area (TPSA) is 20.2 Å². The van der Waals surface area contributed by atoms with Crippen molar-refractivity contribution in [2.45, 2.75) is 112 Å². The van der Waals surface area contributed by atoms with Crippen molar-refractivity contribution in [1.29, 1.82) is 0 Å². The van der Waals surface area contributed by atoms with Crippen molar-refractivity contribution < 1.29 is 5.11 Å². The second kappa shape index (κ2) is 7.79. The summed E-state index contributed by atoms with van der Waals surface area (Å²) in [6.45, 7) is 19.0. The molecule has 3 fully saturated rings. The van der Waals surface area contributed by atoms with Crippen LogP contribution in [0.15, 0.2) is 23.8 Å². The van der Waals surface area contributed by atoms with E-state index in [9.17, 15) is 5.11 Å². The molecule has 0 heterocycles. The highest BCUT2D eigenvalue weighted by Crippen LogP contribution is 2.67. The van der Waals surface area contributed by atoms with Crippen LogP contribution < -0.4 is 0 Å². The maximum absolute atomic E-state index is 10.2. The van der Waals surface area contributed by atoms with Crippen LogP contribution in [0.5, 0.6) is 0 Å². The minimum atomic E-state index is -0.0881. The fraction of sp³-hybridized carbons (Fsp3) is 0.862. The first-order chi connectivity index (χ1) is 14.0. The van der Waals surface area contributed by atoms with Gasteiger partial charge in [-0.2, -0.15) is 0 Å². The van der Waals surface area contributed by atoms with Gasteiger partial charge >= 0.3 is 0 Å². The van der Waals surface area contributed by atoms with E-state index in [1.54, 1.807) is 5.57 Å². The SMILES string of the molecule is C=C(C)C(C)(C)CC[C@@H](C)[C@H]1CC[C@H]2[C@@H]3CC=C4C[C@@H](O)CC[C@]4(C)[C@H]3CC[C@]12C. The normalized spacial score (nSPS) is 44.5. The molecule has 0 aromatic rings. The number of rotatable bonds is 5. The van der Waals surface area contributed by atoms with Crippen molar-refractivity contribution in [3.05, 3.63) is 23.8 Å². The van der Waals surface area contributed by atoms with E-state index in [4.69, 9.17) is 0 Å². The maximum Gasteiger partial charge on any atom is 0.0577 e. The van der Waals surface area contributed by atoms with Crippen molar-refractivity contribution in [2.75, 3.05) is 0 Å². The van der Waals surface area contributed by atoms with Crippen molar-refractivity contribution in [2.24, 2.45) is 45.8 Å². The molecule has 0 aliphatic heterocycles. The summed E-state index contributed by atoms with van der Waals surface area (Å²) in [7, 11) is 0. The highest BCUT2D eigenvalue weighted by atomic mass is 16.3. The summed E-state index contributed by atoms with van der Waals surface area (Å²) < 4.78 is 0. The van der Waals surface area contributed by atoms with Gasteiger partial charge < -0.3 is 5.11 Å². The van der Waals surface area contributed by atoms with E-state index in [1.807, 2.05) is 0 Å². The lowest BCUT2D eigenvalue weighted by molar-refractivity contribution is -0.0575. The lowest BCUT2D eigenvalue weighted by Gasteiger charge is -2.58. The number of aliphatic hydroxyl groups is 1. The molecule has 0 aromatic carbocycles. The molecular formula is C29H48O. The number of allylic oxidation sites excluding steroid dienone is 2. The standard InChI is InChI=1S/C29H48O/c1-19(2)27(4,5)15-12-20(3)24-10-11-25-23-9-8-21-18-22(30)13-16-28(21,6)26(23)14-17-29(24,25)7/h8,20,22-26,30H,1,9-18H2,2-7H3/t20-,22+,23+,24-,25+,26+,28+,29-/m1/s1. The first-order valence-corrected chi connectivity index (χ1v) is 13.0. The molecular weight excluding hydrogens is 364 g/mol. The van der Waals surface area contributed by atoms with Gasteiger partial charge in [0, 0.05) is 0 Å². The van der Waals surface area contributed by atoms with Crippen LogP contribution in [0.4, 0.5) is 0 Å². The van der Waals surface area contributed by atoms with E-state index in [-0.39, 0.29) is 11.5 Å². The molecule has 1 N–H and O–H groups in total. The van der Waals surface area contributed by atoms with E-state index < -0.39 is 0 Å². The zero-order valence-electron chi connectivity index (χ0n) is 20.8. The molecule has 0 amide bonds. The molecule has 0 radical (unpaired) electrons. The first-order valence-electron chi connectivity index (χ1n) is 13.0. The number of hydrogen-bond acceptors (Lipinski definition) is 1. The van der Waals surface area contributed by atoms with E-state index >= 15 is 0 Å². The lowest BCUT2D eigenvalue weighted by Crippen LogP contribution is -2.50. The third-order valence-corrected chi connectivity index (χ3v) is 11.2. The Bertz CT molecular complexity index is 701. The zero-order valence-corrected chi connectivity index (χ0v) is 20.8. The van der Waals surface area contributed by atoms with Gasteiger partial charge in [0.25, 0.3) is 0 Å². The van der Waals surface area contributed by atoms with Crippen LogP contribution in [0.3, 0.4) is 0 Å². The molecule has 0 saturated heterocycles. The minimum absolute atomic E-state index is 0.0881. The summed E-state index contributed by atoms with van der Waals surface area (Å²) in [4.78, 5) is 0. The van der Waals surface area contributed by atoms with Gasteiger partial charge in [0.1, 0.15) is 0 Å². The third kappa shape index (κ3) is 3.56. The monoisotopic (exact) mass is 412 g/mol. The van der Waals surface area contributed by atoms with Crippen molar-refractivity contribution >= 4 is 0 Å². The van der Waals surface area contributed by atoms with E-state index in [0.29, 0.717) is 10.8 Å². The Morgan fingerprint density at radius 3 is 2.60 bits per heavy atom. The van der Waals surface area contributed by atoms with E-state index in [1.165, 1.54) is 56.9 Å². The van der Waals surface area contributed by atoms with Crippen LogP contribution in [0, 0.1) is 45.8 Å². The largest absolute Gasteiger partial charge is 0.393 e. The van der Waals surface area contributed by atoms with Gasteiger partial charge in [0.15, 0.2) is 0 Å². The van der Waals surface area contributed by atoms with Crippen molar-refractivity contribution in [3.63, 3.8) is 0 Å². The van der Waals surface area contributed by atoms with Crippen molar-refractivity contribution in [3.8, 4) is 0 Å². The molecule has 1 nitrogen and oxygen atoms in total. The molecule has 4 aliphatic carbocycles. The maximum atomic E-state index is 10.2. The summed E-state index contributed by atoms with van der Waals surface area (Å²) in [6, 6.07) is 0. The molecule has 0 spiro atoms. The summed E-state index contributed by atoms with van der Waals surface area (Å²) in [6.07, 6.45) is 15.3. The summed E-state index contributed by atoms with van der Waals surface area (Å²) >= 11 is 0. The Morgan fingerprint density at radius 2 is 1.90 bits per heavy atom. The average Bonchev–Trinajstić information content (AvgIpc) is 3.04. The summed E-state index contributed by atoms with van der Waals surface area (Å²) in [5, 5.41) is 10.2. The summed E-state index contributed by atoms with van der Waals surface area (Å²) in [5.41, 5.74) is 4.13. The van der Waals surface area contributed by atoms with Gasteiger partial charge in [-0.25, -0.2) is 0 Å². The fourth-order valence-electron chi connectivity index (χ4n) is 8.62. The van der Waals surface area contributed by atoms with Crippen LogP contribution >= 0.6 is 0 Å². The van der Waals surface area contributed by atoms with Gasteiger partial charge in [-0.3, -0.25) is 0 Å². The number of hydrogen-bond donors (Lipinski definition) is 1. The first kappa shape index (κ1) is 22.6. The van der Waals surface area contributed by atoms with Crippen molar-refractivity contribution in [1.82, 2.24) is 0 Å². The van der Waals surface area contributed by atoms with Crippen LogP contribution in [0.25, 0.3) is 0 Å². The third-order valence-electron chi connectivity index (χ3n) is 11.2. The predicted octanol–water partition coefficient (Wildman–Crippen LogP) is 7.94. The Kier molecular flexibility index (Phi) is 5.87. The van der Waals surface area contributed by atoms with Crippen LogP contribution in [0.1, 0.15) is 106 Å². The second-order valence-electron chi connectivity index (χ2n) is 13.1. The number of fused-ring (bicyclic) bond motifs is 5. The van der Waals surface area contributed by atoms with E-state index in [2.05, 4.69) is 54.2 Å². The van der Waals surface area contributed by atoms with Gasteiger partial charge in [0.05, 0.1) is 6.10 Å². The quantitative estimate of drug-likeness (QED) is 0.454. The second-order valence-corrected chi connectivity index (χ2v) is 13.1. The van der Waals surface area contributed by atoms with E-state index in [0.717, 1.165) is 42.4 Å². The molecule has 4 aliphatic rings. The highest BCUT2D eigenvalue weighted by molar-refractivity contribution is 5.25. The Labute approximate surface area is 186 Å². The Balaban J connectivity index is 1.49. The zero-order chi connectivity index (χ0) is 21.9. The average molecular weight is 413 g/mol. The molecule has 1 heteroatoms. The van der Waals surface area contributed by atoms with Crippen LogP contribution in [-0.4, -0.2) is 11.2 Å². The molecule has 0 aromatic heterocycles. The van der Waals surface area contributed by atoms with Gasteiger partial charge in [-0.1, -0.05) is 58.4 Å². The predicted molar refractivity (Wildman–Crippen MR) is 128 cm³/mol. The molecule has 0 bridgehead atoms. The van der Waals surface area contributed by atoms with Gasteiger partial charge in [-0.15, -0.1) is 0 Å². The van der Waals surface area contributed by atoms with Gasteiger partial charge in [0.2, 0.25) is 0 Å². The molecule has 8 atom stereocenters. The fourth-order valence-corrected chi connectivity index (χ4v) is 8.62. The van der Waals surface area contributed by atoms with Gasteiger partial charge in [-0.05, 0) is 117 Å². The van der Waals surface area contributed by atoms with Crippen LogP contribution in [0.2, 0.25) is 0 Å². The number of aliphatic hydroxyl groups excluding tert-OH is 1. The molecule has 30 heavy (non-hydrogen) atoms. The lowest BCUT2D eigenvalue weighted by atomic mass is 9.47. The Morgan fingerprint density at radius 1 is 1.17 bits per heavy atom. The summed E-state index contributed by atoms with van der Waals surface area (Å²) in [5.74, 6) is 4.39. The van der Waals surface area contributed by atoms with Crippen LogP contribution in [-0.2, 0) is 0 Å². The smallest absolute Gasteiger partial charge is 0.0577 e. The molecule has 4 rings (SSSR count). The Hall–Kier alpha value is -0.560. The molecule has 3 saturated carbocycles.